The number of hydrogen-bond acceptors (Lipinski definition) is 2. The van der Waals surface area contributed by atoms with E-state index in [1.54, 1.807) is 0 Å². The molecule has 0 unspecified atom stereocenters. The largest absolute Gasteiger partial charge is 0.317 e. The van der Waals surface area contributed by atoms with E-state index in [4.69, 9.17) is 0 Å². The van der Waals surface area contributed by atoms with Gasteiger partial charge in [-0.1, -0.05) is 18.2 Å². The van der Waals surface area contributed by atoms with Gasteiger partial charge < -0.3 is 10.2 Å². The molecule has 96 valence electrons. The minimum atomic E-state index is 0.220. The van der Waals surface area contributed by atoms with Gasteiger partial charge in [-0.3, -0.25) is 4.79 Å². The van der Waals surface area contributed by atoms with Crippen LogP contribution in [0, 0.1) is 5.92 Å². The average Bonchev–Trinajstić information content (AvgIpc) is 2.47. The molecule has 1 N–H and O–H groups in total. The predicted octanol–water partition coefficient (Wildman–Crippen LogP) is 1.97. The first kappa shape index (κ1) is 11.7. The lowest BCUT2D eigenvalue weighted by molar-refractivity contribution is -0.123. The van der Waals surface area contributed by atoms with Crippen LogP contribution in [0.15, 0.2) is 24.3 Å². The molecule has 1 aromatic rings. The van der Waals surface area contributed by atoms with Gasteiger partial charge >= 0.3 is 0 Å². The van der Waals surface area contributed by atoms with Gasteiger partial charge in [-0.05, 0) is 50.4 Å². The Labute approximate surface area is 108 Å². The van der Waals surface area contributed by atoms with E-state index >= 15 is 0 Å². The standard InChI is InChI=1S/C15H20N2O/c18-15(13-7-9-16-10-8-13)17-11-3-5-12-4-1-2-6-14(12)17/h1-2,4,6,13,16H,3,5,7-11H2. The lowest BCUT2D eigenvalue weighted by atomic mass is 9.94. The molecule has 3 rings (SSSR count). The van der Waals surface area contributed by atoms with Gasteiger partial charge in [-0.2, -0.15) is 0 Å². The van der Waals surface area contributed by atoms with Crippen molar-refractivity contribution in [3.8, 4) is 0 Å². The van der Waals surface area contributed by atoms with Crippen molar-refractivity contribution in [2.75, 3.05) is 24.5 Å². The van der Waals surface area contributed by atoms with Crippen LogP contribution < -0.4 is 10.2 Å². The highest BCUT2D eigenvalue weighted by Crippen LogP contribution is 2.29. The molecule has 3 nitrogen and oxygen atoms in total. The topological polar surface area (TPSA) is 32.3 Å². The summed E-state index contributed by atoms with van der Waals surface area (Å²) < 4.78 is 0. The number of benzene rings is 1. The molecule has 0 spiro atoms. The molecule has 1 amide bonds. The summed E-state index contributed by atoms with van der Waals surface area (Å²) in [6, 6.07) is 8.34. The third-order valence-corrected chi connectivity index (χ3v) is 4.06. The van der Waals surface area contributed by atoms with Gasteiger partial charge in [0.05, 0.1) is 0 Å². The van der Waals surface area contributed by atoms with Crippen LogP contribution in [0.25, 0.3) is 0 Å². The molecule has 2 aliphatic heterocycles. The molecular weight excluding hydrogens is 224 g/mol. The Kier molecular flexibility index (Phi) is 3.33. The first-order valence-corrected chi connectivity index (χ1v) is 6.96. The maximum atomic E-state index is 12.6. The van der Waals surface area contributed by atoms with Gasteiger partial charge in [-0.25, -0.2) is 0 Å². The summed E-state index contributed by atoms with van der Waals surface area (Å²) in [7, 11) is 0. The summed E-state index contributed by atoms with van der Waals surface area (Å²) in [6.07, 6.45) is 4.16. The molecule has 0 aromatic heterocycles. The number of para-hydroxylation sites is 1. The second kappa shape index (κ2) is 5.11. The van der Waals surface area contributed by atoms with Gasteiger partial charge in [0.15, 0.2) is 0 Å². The number of carbonyl (C=O) groups excluding carboxylic acids is 1. The number of anilines is 1. The number of nitrogens with one attached hydrogen (secondary N) is 1. The lowest BCUT2D eigenvalue weighted by Gasteiger charge is -2.33. The highest BCUT2D eigenvalue weighted by molar-refractivity contribution is 5.96. The quantitative estimate of drug-likeness (QED) is 0.819. The molecule has 18 heavy (non-hydrogen) atoms. The summed E-state index contributed by atoms with van der Waals surface area (Å²) in [4.78, 5) is 14.6. The number of nitrogens with zero attached hydrogens (tertiary/aromatic N) is 1. The SMILES string of the molecule is O=C(C1CCNCC1)N1CCCc2ccccc21. The summed E-state index contributed by atoms with van der Waals surface area (Å²) in [6.45, 7) is 2.84. The minimum Gasteiger partial charge on any atom is -0.317 e. The zero-order chi connectivity index (χ0) is 12.4. The van der Waals surface area contributed by atoms with E-state index in [0.717, 1.165) is 51.0 Å². The number of carbonyl (C=O) groups is 1. The van der Waals surface area contributed by atoms with Crippen LogP contribution in [0.2, 0.25) is 0 Å². The molecular formula is C15H20N2O. The maximum absolute atomic E-state index is 12.6. The summed E-state index contributed by atoms with van der Waals surface area (Å²) in [5.74, 6) is 0.557. The van der Waals surface area contributed by atoms with E-state index in [0.29, 0.717) is 5.91 Å². The van der Waals surface area contributed by atoms with Crippen LogP contribution in [-0.2, 0) is 11.2 Å². The molecule has 0 bridgehead atoms. The molecule has 3 heteroatoms. The fraction of sp³-hybridized carbons (Fsp3) is 0.533. The molecule has 0 atom stereocenters. The molecule has 1 fully saturated rings. The van der Waals surface area contributed by atoms with E-state index in [9.17, 15) is 4.79 Å². The Hall–Kier alpha value is -1.35. The smallest absolute Gasteiger partial charge is 0.230 e. The summed E-state index contributed by atoms with van der Waals surface area (Å²) in [5, 5.41) is 3.32. The van der Waals surface area contributed by atoms with Crippen molar-refractivity contribution in [2.45, 2.75) is 25.7 Å². The Bertz CT molecular complexity index is 438. The first-order chi connectivity index (χ1) is 8.86. The Morgan fingerprint density at radius 2 is 2.00 bits per heavy atom. The maximum Gasteiger partial charge on any atom is 0.230 e. The molecule has 0 saturated carbocycles. The third-order valence-electron chi connectivity index (χ3n) is 4.06. The molecule has 0 aliphatic carbocycles. The van der Waals surface area contributed by atoms with E-state index in [2.05, 4.69) is 23.5 Å². The Morgan fingerprint density at radius 1 is 1.22 bits per heavy atom. The van der Waals surface area contributed by atoms with Crippen LogP contribution in [0.4, 0.5) is 5.69 Å². The van der Waals surface area contributed by atoms with Crippen molar-refractivity contribution >= 4 is 11.6 Å². The molecule has 2 heterocycles. The van der Waals surface area contributed by atoms with Crippen molar-refractivity contribution in [1.82, 2.24) is 5.32 Å². The second-order valence-electron chi connectivity index (χ2n) is 5.25. The number of piperidine rings is 1. The number of fused-ring (bicyclic) bond motifs is 1. The highest BCUT2D eigenvalue weighted by atomic mass is 16.2. The highest BCUT2D eigenvalue weighted by Gasteiger charge is 2.29. The van der Waals surface area contributed by atoms with Crippen molar-refractivity contribution in [2.24, 2.45) is 5.92 Å². The fourth-order valence-electron chi connectivity index (χ4n) is 3.05. The third kappa shape index (κ3) is 2.15. The molecule has 2 aliphatic rings. The van der Waals surface area contributed by atoms with Crippen LogP contribution in [0.1, 0.15) is 24.8 Å². The van der Waals surface area contributed by atoms with Crippen molar-refractivity contribution in [1.29, 1.82) is 0 Å². The number of hydrogen-bond donors (Lipinski definition) is 1. The van der Waals surface area contributed by atoms with Gasteiger partial charge in [0.2, 0.25) is 5.91 Å². The van der Waals surface area contributed by atoms with Crippen molar-refractivity contribution in [3.63, 3.8) is 0 Å². The van der Waals surface area contributed by atoms with Crippen molar-refractivity contribution < 1.29 is 4.79 Å². The zero-order valence-corrected chi connectivity index (χ0v) is 10.7. The van der Waals surface area contributed by atoms with Gasteiger partial charge in [0.25, 0.3) is 0 Å². The normalized spacial score (nSPS) is 20.6. The summed E-state index contributed by atoms with van der Waals surface area (Å²) in [5.41, 5.74) is 2.47. The van der Waals surface area contributed by atoms with Gasteiger partial charge in [0, 0.05) is 18.2 Å². The zero-order valence-electron chi connectivity index (χ0n) is 10.7. The molecule has 0 radical (unpaired) electrons. The lowest BCUT2D eigenvalue weighted by Crippen LogP contribution is -2.43. The first-order valence-electron chi connectivity index (χ1n) is 6.96. The van der Waals surface area contributed by atoms with Crippen LogP contribution in [-0.4, -0.2) is 25.5 Å². The van der Waals surface area contributed by atoms with Gasteiger partial charge in [-0.15, -0.1) is 0 Å². The monoisotopic (exact) mass is 244 g/mol. The Balaban J connectivity index is 1.82. The van der Waals surface area contributed by atoms with Crippen LogP contribution in [0.3, 0.4) is 0 Å². The number of amides is 1. The molecule has 1 aromatic carbocycles. The van der Waals surface area contributed by atoms with E-state index < -0.39 is 0 Å². The van der Waals surface area contributed by atoms with Crippen LogP contribution in [0.5, 0.6) is 0 Å². The minimum absolute atomic E-state index is 0.220. The average molecular weight is 244 g/mol. The number of rotatable bonds is 1. The number of aryl methyl sites for hydroxylation is 1. The predicted molar refractivity (Wildman–Crippen MR) is 72.7 cm³/mol. The fourth-order valence-corrected chi connectivity index (χ4v) is 3.05. The second-order valence-corrected chi connectivity index (χ2v) is 5.25. The molecule has 1 saturated heterocycles. The Morgan fingerprint density at radius 3 is 2.83 bits per heavy atom. The van der Waals surface area contributed by atoms with Crippen molar-refractivity contribution in [3.05, 3.63) is 29.8 Å². The van der Waals surface area contributed by atoms with E-state index in [1.807, 2.05) is 11.0 Å². The van der Waals surface area contributed by atoms with Gasteiger partial charge in [0.1, 0.15) is 0 Å². The van der Waals surface area contributed by atoms with E-state index in [-0.39, 0.29) is 5.92 Å². The van der Waals surface area contributed by atoms with Crippen LogP contribution >= 0.6 is 0 Å². The summed E-state index contributed by atoms with van der Waals surface area (Å²) >= 11 is 0. The van der Waals surface area contributed by atoms with E-state index in [1.165, 1.54) is 5.56 Å².